The molecule has 1 amide bonds. The lowest BCUT2D eigenvalue weighted by Crippen LogP contribution is -2.07. The first kappa shape index (κ1) is 23.0. The molecular formula is C22H24N2O5S. The molecule has 8 heteroatoms. The topological polar surface area (TPSA) is 97.7 Å². The lowest BCUT2D eigenvalue weighted by Gasteiger charge is -2.13. The first-order valence-corrected chi connectivity index (χ1v) is 10.2. The molecule has 2 rings (SSSR count). The van der Waals surface area contributed by atoms with E-state index in [0.717, 1.165) is 16.9 Å². The zero-order valence-corrected chi connectivity index (χ0v) is 18.4. The summed E-state index contributed by atoms with van der Waals surface area (Å²) >= 11 is 1.02. The SMILES string of the molecule is CCOC(=O)c1sc(NC(=O)C=Cc2ccc(OC(C)C)c(OC)c2)c(C#N)c1C. The van der Waals surface area contributed by atoms with Crippen LogP contribution in [0.25, 0.3) is 6.08 Å². The third kappa shape index (κ3) is 5.61. The number of rotatable bonds is 8. The van der Waals surface area contributed by atoms with Crippen molar-refractivity contribution in [2.75, 3.05) is 19.0 Å². The van der Waals surface area contributed by atoms with Gasteiger partial charge in [0.15, 0.2) is 11.5 Å². The van der Waals surface area contributed by atoms with Crippen LogP contribution in [0.15, 0.2) is 24.3 Å². The second kappa shape index (κ2) is 10.5. The molecule has 2 aromatic rings. The number of esters is 1. The van der Waals surface area contributed by atoms with Crippen molar-refractivity contribution in [3.05, 3.63) is 45.8 Å². The van der Waals surface area contributed by atoms with Crippen LogP contribution in [-0.2, 0) is 9.53 Å². The van der Waals surface area contributed by atoms with Crippen LogP contribution in [0.3, 0.4) is 0 Å². The largest absolute Gasteiger partial charge is 0.493 e. The minimum Gasteiger partial charge on any atom is -0.493 e. The summed E-state index contributed by atoms with van der Waals surface area (Å²) in [6, 6.07) is 7.37. The van der Waals surface area contributed by atoms with E-state index in [1.165, 1.54) is 6.08 Å². The summed E-state index contributed by atoms with van der Waals surface area (Å²) < 4.78 is 16.0. The molecule has 1 N–H and O–H groups in total. The molecular weight excluding hydrogens is 404 g/mol. The monoisotopic (exact) mass is 428 g/mol. The van der Waals surface area contributed by atoms with E-state index >= 15 is 0 Å². The van der Waals surface area contributed by atoms with Gasteiger partial charge in [-0.2, -0.15) is 5.26 Å². The summed E-state index contributed by atoms with van der Waals surface area (Å²) in [7, 11) is 1.55. The third-order valence-corrected chi connectivity index (χ3v) is 5.12. The van der Waals surface area contributed by atoms with Crippen LogP contribution in [0.2, 0.25) is 0 Å². The van der Waals surface area contributed by atoms with Gasteiger partial charge in [-0.05, 0) is 57.0 Å². The number of carbonyl (C=O) groups is 2. The van der Waals surface area contributed by atoms with Gasteiger partial charge in [0, 0.05) is 6.08 Å². The zero-order valence-electron chi connectivity index (χ0n) is 17.6. The normalized spacial score (nSPS) is 10.7. The predicted octanol–water partition coefficient (Wildman–Crippen LogP) is 4.55. The molecule has 0 saturated carbocycles. The van der Waals surface area contributed by atoms with E-state index in [-0.39, 0.29) is 18.3 Å². The molecule has 0 fully saturated rings. The van der Waals surface area contributed by atoms with Crippen molar-refractivity contribution in [1.82, 2.24) is 0 Å². The van der Waals surface area contributed by atoms with E-state index in [1.54, 1.807) is 45.2 Å². The number of hydrogen-bond donors (Lipinski definition) is 1. The third-order valence-electron chi connectivity index (χ3n) is 3.93. The number of methoxy groups -OCH3 is 1. The molecule has 1 aromatic heterocycles. The Hall–Kier alpha value is -3.31. The highest BCUT2D eigenvalue weighted by molar-refractivity contribution is 7.18. The van der Waals surface area contributed by atoms with Gasteiger partial charge in [-0.1, -0.05) is 6.07 Å². The maximum Gasteiger partial charge on any atom is 0.348 e. The second-order valence-electron chi connectivity index (χ2n) is 6.49. The van der Waals surface area contributed by atoms with Gasteiger partial charge in [0.1, 0.15) is 15.9 Å². The first-order valence-electron chi connectivity index (χ1n) is 9.35. The number of carbonyl (C=O) groups excluding carboxylic acids is 2. The molecule has 0 aliphatic rings. The highest BCUT2D eigenvalue weighted by Crippen LogP contribution is 2.33. The van der Waals surface area contributed by atoms with Crippen LogP contribution >= 0.6 is 11.3 Å². The molecule has 0 bridgehead atoms. The zero-order chi connectivity index (χ0) is 22.3. The average molecular weight is 429 g/mol. The van der Waals surface area contributed by atoms with Crippen molar-refractivity contribution >= 4 is 34.3 Å². The Kier molecular flexibility index (Phi) is 8.01. The highest BCUT2D eigenvalue weighted by Gasteiger charge is 2.21. The molecule has 158 valence electrons. The number of nitrogens with one attached hydrogen (secondary N) is 1. The number of thiophene rings is 1. The Labute approximate surface area is 179 Å². The Morgan fingerprint density at radius 3 is 2.63 bits per heavy atom. The number of nitriles is 1. The predicted molar refractivity (Wildman–Crippen MR) is 116 cm³/mol. The number of amides is 1. The lowest BCUT2D eigenvalue weighted by molar-refractivity contribution is -0.111. The maximum atomic E-state index is 12.4. The van der Waals surface area contributed by atoms with E-state index < -0.39 is 11.9 Å². The van der Waals surface area contributed by atoms with Gasteiger partial charge >= 0.3 is 5.97 Å². The van der Waals surface area contributed by atoms with Gasteiger partial charge in [0.2, 0.25) is 5.91 Å². The average Bonchev–Trinajstić information content (AvgIpc) is 3.02. The fourth-order valence-electron chi connectivity index (χ4n) is 2.59. The van der Waals surface area contributed by atoms with Crippen LogP contribution in [0.5, 0.6) is 11.5 Å². The second-order valence-corrected chi connectivity index (χ2v) is 7.51. The quantitative estimate of drug-likeness (QED) is 0.489. The molecule has 0 radical (unpaired) electrons. The van der Waals surface area contributed by atoms with E-state index in [1.807, 2.05) is 19.9 Å². The molecule has 0 aliphatic heterocycles. The fourth-order valence-corrected chi connectivity index (χ4v) is 3.65. The van der Waals surface area contributed by atoms with Crippen LogP contribution in [-0.4, -0.2) is 31.7 Å². The summed E-state index contributed by atoms with van der Waals surface area (Å²) in [4.78, 5) is 24.7. The maximum absolute atomic E-state index is 12.4. The van der Waals surface area contributed by atoms with E-state index in [0.29, 0.717) is 26.9 Å². The Balaban J connectivity index is 2.18. The smallest absolute Gasteiger partial charge is 0.348 e. The molecule has 0 unspecified atom stereocenters. The Morgan fingerprint density at radius 2 is 2.03 bits per heavy atom. The van der Waals surface area contributed by atoms with Crippen LogP contribution in [0.4, 0.5) is 5.00 Å². The standard InChI is InChI=1S/C22H24N2O5S/c1-6-28-22(26)20-14(4)16(12-23)21(30-20)24-19(25)10-8-15-7-9-17(29-13(2)3)18(11-15)27-5/h7-11,13H,6H2,1-5H3,(H,24,25). The van der Waals surface area contributed by atoms with Gasteiger partial charge < -0.3 is 19.5 Å². The minimum atomic E-state index is -0.511. The van der Waals surface area contributed by atoms with Crippen molar-refractivity contribution < 1.29 is 23.8 Å². The minimum absolute atomic E-state index is 0.00847. The van der Waals surface area contributed by atoms with Crippen molar-refractivity contribution in [1.29, 1.82) is 5.26 Å². The summed E-state index contributed by atoms with van der Waals surface area (Å²) in [5.74, 6) is 0.243. The molecule has 0 atom stereocenters. The van der Waals surface area contributed by atoms with E-state index in [9.17, 15) is 14.9 Å². The molecule has 1 heterocycles. The van der Waals surface area contributed by atoms with Crippen LogP contribution in [0, 0.1) is 18.3 Å². The Bertz CT molecular complexity index is 1000. The first-order chi connectivity index (χ1) is 14.3. The fraction of sp³-hybridized carbons (Fsp3) is 0.318. The summed E-state index contributed by atoms with van der Waals surface area (Å²) in [6.45, 7) is 7.43. The molecule has 7 nitrogen and oxygen atoms in total. The van der Waals surface area contributed by atoms with Crippen molar-refractivity contribution in [3.8, 4) is 17.6 Å². The van der Waals surface area contributed by atoms with Crippen molar-refractivity contribution in [3.63, 3.8) is 0 Å². The van der Waals surface area contributed by atoms with Gasteiger partial charge in [-0.25, -0.2) is 4.79 Å². The number of nitrogens with zero attached hydrogens (tertiary/aromatic N) is 1. The van der Waals surface area contributed by atoms with Crippen LogP contribution < -0.4 is 14.8 Å². The van der Waals surface area contributed by atoms with Gasteiger partial charge in [0.05, 0.1) is 25.4 Å². The van der Waals surface area contributed by atoms with Gasteiger partial charge in [-0.3, -0.25) is 4.79 Å². The summed E-state index contributed by atoms with van der Waals surface area (Å²) in [5, 5.41) is 12.4. The molecule has 0 aliphatic carbocycles. The van der Waals surface area contributed by atoms with Gasteiger partial charge in [-0.15, -0.1) is 11.3 Å². The highest BCUT2D eigenvalue weighted by atomic mass is 32.1. The number of anilines is 1. The van der Waals surface area contributed by atoms with Crippen LogP contribution in [0.1, 0.15) is 47.1 Å². The van der Waals surface area contributed by atoms with Gasteiger partial charge in [0.25, 0.3) is 0 Å². The number of ether oxygens (including phenoxy) is 3. The summed E-state index contributed by atoms with van der Waals surface area (Å²) in [6.07, 6.45) is 2.97. The lowest BCUT2D eigenvalue weighted by atomic mass is 10.1. The van der Waals surface area contributed by atoms with Crippen molar-refractivity contribution in [2.24, 2.45) is 0 Å². The summed E-state index contributed by atoms with van der Waals surface area (Å²) in [5.41, 5.74) is 1.49. The van der Waals surface area contributed by atoms with Crippen molar-refractivity contribution in [2.45, 2.75) is 33.8 Å². The Morgan fingerprint density at radius 1 is 1.30 bits per heavy atom. The molecule has 1 aromatic carbocycles. The van der Waals surface area contributed by atoms with E-state index in [2.05, 4.69) is 5.32 Å². The molecule has 0 spiro atoms. The molecule has 30 heavy (non-hydrogen) atoms. The van der Waals surface area contributed by atoms with E-state index in [4.69, 9.17) is 14.2 Å². The number of hydrogen-bond acceptors (Lipinski definition) is 7. The molecule has 0 saturated heterocycles. The number of benzene rings is 1.